The van der Waals surface area contributed by atoms with Crippen LogP contribution in [0.4, 0.5) is 0 Å². The highest BCUT2D eigenvalue weighted by molar-refractivity contribution is 5.93. The van der Waals surface area contributed by atoms with Crippen molar-refractivity contribution < 1.29 is 14.6 Å². The Morgan fingerprint density at radius 1 is 1.43 bits per heavy atom. The molecule has 6 heteroatoms. The fraction of sp³-hybridized carbons (Fsp3) is 0.400. The molecule has 1 aromatic heterocycles. The van der Waals surface area contributed by atoms with E-state index in [9.17, 15) is 9.90 Å². The van der Waals surface area contributed by atoms with Crippen molar-refractivity contribution >= 4 is 5.97 Å². The molecular formula is C15H19N3O3. The zero-order valence-electron chi connectivity index (χ0n) is 12.4. The van der Waals surface area contributed by atoms with E-state index in [1.165, 1.54) is 0 Å². The molecule has 1 aromatic carbocycles. The zero-order valence-corrected chi connectivity index (χ0v) is 12.4. The van der Waals surface area contributed by atoms with Crippen LogP contribution in [0.25, 0.3) is 11.3 Å². The Kier molecular flexibility index (Phi) is 4.57. The fourth-order valence-electron chi connectivity index (χ4n) is 2.38. The van der Waals surface area contributed by atoms with Crippen LogP contribution in [0.3, 0.4) is 0 Å². The summed E-state index contributed by atoms with van der Waals surface area (Å²) in [6.45, 7) is 4.08. The average molecular weight is 289 g/mol. The van der Waals surface area contributed by atoms with Crippen LogP contribution in [0, 0.1) is 0 Å². The summed E-state index contributed by atoms with van der Waals surface area (Å²) < 4.78 is 7.01. The number of nitrogens with zero attached hydrogens (tertiary/aromatic N) is 3. The number of benzene rings is 1. The Bertz CT molecular complexity index is 637. The topological polar surface area (TPSA) is 77.2 Å². The highest BCUT2D eigenvalue weighted by Crippen LogP contribution is 2.33. The summed E-state index contributed by atoms with van der Waals surface area (Å²) in [5, 5.41) is 17.2. The SMILES string of the molecule is CCCC(C)n1nnc(C(=O)O)c1-c1ccccc1OC. The fourth-order valence-corrected chi connectivity index (χ4v) is 2.38. The van der Waals surface area contributed by atoms with E-state index < -0.39 is 5.97 Å². The monoisotopic (exact) mass is 289 g/mol. The van der Waals surface area contributed by atoms with Crippen molar-refractivity contribution in [3.63, 3.8) is 0 Å². The number of methoxy groups -OCH3 is 1. The Balaban J connectivity index is 2.64. The van der Waals surface area contributed by atoms with Gasteiger partial charge in [0.1, 0.15) is 11.4 Å². The number of aromatic nitrogens is 3. The molecule has 1 N–H and O–H groups in total. The van der Waals surface area contributed by atoms with Gasteiger partial charge in [-0.3, -0.25) is 0 Å². The number of ether oxygens (including phenoxy) is 1. The third-order valence-electron chi connectivity index (χ3n) is 3.38. The summed E-state index contributed by atoms with van der Waals surface area (Å²) in [6, 6.07) is 7.36. The van der Waals surface area contributed by atoms with Gasteiger partial charge in [-0.05, 0) is 25.5 Å². The number of carboxylic acid groups (broad SMARTS) is 1. The van der Waals surface area contributed by atoms with Gasteiger partial charge in [0.05, 0.1) is 13.2 Å². The second-order valence-corrected chi connectivity index (χ2v) is 4.87. The van der Waals surface area contributed by atoms with E-state index in [1.54, 1.807) is 17.9 Å². The summed E-state index contributed by atoms with van der Waals surface area (Å²) >= 11 is 0. The number of aromatic carboxylic acids is 1. The van der Waals surface area contributed by atoms with Crippen molar-refractivity contribution in [2.75, 3.05) is 7.11 Å². The third kappa shape index (κ3) is 2.89. The summed E-state index contributed by atoms with van der Waals surface area (Å²) in [6.07, 6.45) is 1.87. The summed E-state index contributed by atoms with van der Waals surface area (Å²) in [5.41, 5.74) is 1.12. The molecular weight excluding hydrogens is 270 g/mol. The first-order valence-electron chi connectivity index (χ1n) is 6.92. The van der Waals surface area contributed by atoms with Crippen LogP contribution in [0.5, 0.6) is 5.75 Å². The van der Waals surface area contributed by atoms with Crippen LogP contribution in [-0.4, -0.2) is 33.2 Å². The number of carboxylic acids is 1. The predicted octanol–water partition coefficient (Wildman–Crippen LogP) is 3.01. The van der Waals surface area contributed by atoms with Crippen molar-refractivity contribution in [1.82, 2.24) is 15.0 Å². The lowest BCUT2D eigenvalue weighted by atomic mass is 10.1. The Labute approximate surface area is 123 Å². The molecule has 0 aliphatic carbocycles. The quantitative estimate of drug-likeness (QED) is 0.884. The van der Waals surface area contributed by atoms with Crippen molar-refractivity contribution in [2.45, 2.75) is 32.7 Å². The van der Waals surface area contributed by atoms with E-state index >= 15 is 0 Å². The van der Waals surface area contributed by atoms with Gasteiger partial charge in [-0.25, -0.2) is 9.48 Å². The first-order chi connectivity index (χ1) is 10.1. The summed E-state index contributed by atoms with van der Waals surface area (Å²) in [7, 11) is 1.56. The number of hydrogen-bond donors (Lipinski definition) is 1. The van der Waals surface area contributed by atoms with Gasteiger partial charge in [0, 0.05) is 5.56 Å². The molecule has 21 heavy (non-hydrogen) atoms. The second-order valence-electron chi connectivity index (χ2n) is 4.87. The predicted molar refractivity (Wildman–Crippen MR) is 78.6 cm³/mol. The zero-order chi connectivity index (χ0) is 15.4. The van der Waals surface area contributed by atoms with E-state index in [0.29, 0.717) is 17.0 Å². The number of carbonyl (C=O) groups is 1. The van der Waals surface area contributed by atoms with Crippen LogP contribution >= 0.6 is 0 Å². The van der Waals surface area contributed by atoms with Gasteiger partial charge < -0.3 is 9.84 Å². The van der Waals surface area contributed by atoms with Gasteiger partial charge in [-0.15, -0.1) is 5.10 Å². The van der Waals surface area contributed by atoms with Gasteiger partial charge in [0.2, 0.25) is 0 Å². The third-order valence-corrected chi connectivity index (χ3v) is 3.38. The first-order valence-corrected chi connectivity index (χ1v) is 6.92. The van der Waals surface area contributed by atoms with Crippen molar-refractivity contribution in [3.8, 4) is 17.0 Å². The van der Waals surface area contributed by atoms with Crippen LogP contribution < -0.4 is 4.74 Å². The normalized spacial score (nSPS) is 12.1. The molecule has 2 aromatic rings. The van der Waals surface area contributed by atoms with E-state index in [0.717, 1.165) is 12.8 Å². The van der Waals surface area contributed by atoms with Crippen molar-refractivity contribution in [2.24, 2.45) is 0 Å². The minimum atomic E-state index is -1.09. The molecule has 112 valence electrons. The smallest absolute Gasteiger partial charge is 0.358 e. The molecule has 0 aliphatic heterocycles. The van der Waals surface area contributed by atoms with Crippen molar-refractivity contribution in [1.29, 1.82) is 0 Å². The molecule has 0 amide bonds. The molecule has 2 rings (SSSR count). The lowest BCUT2D eigenvalue weighted by Gasteiger charge is -2.15. The Hall–Kier alpha value is -2.37. The molecule has 0 radical (unpaired) electrons. The Morgan fingerprint density at radius 3 is 2.76 bits per heavy atom. The van der Waals surface area contributed by atoms with Gasteiger partial charge in [0.15, 0.2) is 5.69 Å². The van der Waals surface area contributed by atoms with E-state index in [4.69, 9.17) is 4.74 Å². The van der Waals surface area contributed by atoms with Crippen LogP contribution in [0.15, 0.2) is 24.3 Å². The molecule has 1 heterocycles. The van der Waals surface area contributed by atoms with Crippen LogP contribution in [0.2, 0.25) is 0 Å². The Morgan fingerprint density at radius 2 is 2.14 bits per heavy atom. The molecule has 0 fully saturated rings. The van der Waals surface area contributed by atoms with Crippen LogP contribution in [-0.2, 0) is 0 Å². The number of rotatable bonds is 6. The molecule has 0 aliphatic rings. The molecule has 0 bridgehead atoms. The largest absolute Gasteiger partial charge is 0.496 e. The minimum Gasteiger partial charge on any atom is -0.496 e. The van der Waals surface area contributed by atoms with Gasteiger partial charge in [-0.2, -0.15) is 0 Å². The summed E-state index contributed by atoms with van der Waals surface area (Å²) in [5.74, 6) is -0.488. The molecule has 0 spiro atoms. The summed E-state index contributed by atoms with van der Waals surface area (Å²) in [4.78, 5) is 11.4. The van der Waals surface area contributed by atoms with E-state index in [1.807, 2.05) is 25.1 Å². The first kappa shape index (κ1) is 15.0. The maximum Gasteiger partial charge on any atom is 0.358 e. The molecule has 6 nitrogen and oxygen atoms in total. The lowest BCUT2D eigenvalue weighted by Crippen LogP contribution is -2.10. The molecule has 1 unspecified atom stereocenters. The highest BCUT2D eigenvalue weighted by Gasteiger charge is 2.24. The second kappa shape index (κ2) is 6.39. The van der Waals surface area contributed by atoms with Crippen LogP contribution in [0.1, 0.15) is 43.2 Å². The standard InChI is InChI=1S/C15H19N3O3/c1-4-7-10(2)18-14(13(15(19)20)16-17-18)11-8-5-6-9-12(11)21-3/h5-6,8-10H,4,7H2,1-3H3,(H,19,20). The number of hydrogen-bond acceptors (Lipinski definition) is 4. The van der Waals surface area contributed by atoms with Gasteiger partial charge >= 0.3 is 5.97 Å². The van der Waals surface area contributed by atoms with Crippen molar-refractivity contribution in [3.05, 3.63) is 30.0 Å². The lowest BCUT2D eigenvalue weighted by molar-refractivity contribution is 0.0691. The molecule has 0 saturated carbocycles. The van der Waals surface area contributed by atoms with E-state index in [2.05, 4.69) is 17.2 Å². The maximum absolute atomic E-state index is 11.4. The minimum absolute atomic E-state index is 0.0533. The number of para-hydroxylation sites is 1. The molecule has 1 atom stereocenters. The van der Waals surface area contributed by atoms with E-state index in [-0.39, 0.29) is 11.7 Å². The average Bonchev–Trinajstić information content (AvgIpc) is 2.92. The maximum atomic E-state index is 11.4. The molecule has 0 saturated heterocycles. The van der Waals surface area contributed by atoms with Gasteiger partial charge in [-0.1, -0.05) is 30.7 Å². The highest BCUT2D eigenvalue weighted by atomic mass is 16.5. The van der Waals surface area contributed by atoms with Gasteiger partial charge in [0.25, 0.3) is 0 Å².